The Morgan fingerprint density at radius 1 is 1.21 bits per heavy atom. The summed E-state index contributed by atoms with van der Waals surface area (Å²) in [7, 11) is 0. The fourth-order valence-electron chi connectivity index (χ4n) is 1.77. The van der Waals surface area contributed by atoms with Gasteiger partial charge in [0.25, 0.3) is 0 Å². The number of hydrogen-bond acceptors (Lipinski definition) is 3. The quantitative estimate of drug-likeness (QED) is 0.640. The summed E-state index contributed by atoms with van der Waals surface area (Å²) in [5.74, 6) is -0.0814. The molecule has 3 N–H and O–H groups in total. The summed E-state index contributed by atoms with van der Waals surface area (Å²) in [6, 6.07) is 12.3. The molecule has 0 aliphatic carbocycles. The normalized spacial score (nSPS) is 10.2. The van der Waals surface area contributed by atoms with E-state index in [1.54, 1.807) is 17.2 Å². The summed E-state index contributed by atoms with van der Waals surface area (Å²) in [5, 5.41) is 7.30. The number of hydrogen-bond donors (Lipinski definition) is 2. The van der Waals surface area contributed by atoms with Crippen LogP contribution in [0.5, 0.6) is 0 Å². The Morgan fingerprint density at radius 3 is 2.58 bits per heavy atom. The van der Waals surface area contributed by atoms with Crippen molar-refractivity contribution in [2.24, 2.45) is 5.73 Å². The number of anilines is 2. The first kappa shape index (κ1) is 13.0. The SMILES string of the molecule is N=C(N)CCN(c1ccccc1)c1ncccc1F. The molecule has 0 amide bonds. The molecule has 1 aromatic carbocycles. The van der Waals surface area contributed by atoms with Crippen LogP contribution in [0.1, 0.15) is 6.42 Å². The van der Waals surface area contributed by atoms with Gasteiger partial charge in [-0.15, -0.1) is 0 Å². The highest BCUT2D eigenvalue weighted by atomic mass is 19.1. The lowest BCUT2D eigenvalue weighted by molar-refractivity contribution is 0.618. The lowest BCUT2D eigenvalue weighted by Gasteiger charge is -2.23. The number of pyridine rings is 1. The van der Waals surface area contributed by atoms with Gasteiger partial charge in [0, 0.05) is 24.8 Å². The third-order valence-corrected chi connectivity index (χ3v) is 2.67. The van der Waals surface area contributed by atoms with E-state index in [1.165, 1.54) is 6.07 Å². The van der Waals surface area contributed by atoms with Crippen molar-refractivity contribution < 1.29 is 4.39 Å². The Balaban J connectivity index is 2.35. The Kier molecular flexibility index (Phi) is 4.07. The van der Waals surface area contributed by atoms with Crippen LogP contribution in [0.3, 0.4) is 0 Å². The molecule has 0 aliphatic rings. The van der Waals surface area contributed by atoms with E-state index < -0.39 is 5.82 Å². The molecular formula is C14H15FN4. The molecule has 0 radical (unpaired) electrons. The lowest BCUT2D eigenvalue weighted by Crippen LogP contribution is -2.25. The first-order chi connectivity index (χ1) is 9.18. The second-order valence-corrected chi connectivity index (χ2v) is 4.07. The van der Waals surface area contributed by atoms with Crippen LogP contribution in [0.2, 0.25) is 0 Å². The minimum Gasteiger partial charge on any atom is -0.388 e. The molecule has 0 fully saturated rings. The van der Waals surface area contributed by atoms with E-state index in [4.69, 9.17) is 11.1 Å². The molecule has 2 aromatic rings. The zero-order valence-electron chi connectivity index (χ0n) is 10.4. The van der Waals surface area contributed by atoms with E-state index >= 15 is 0 Å². The molecule has 1 aromatic heterocycles. The maximum absolute atomic E-state index is 13.9. The summed E-state index contributed by atoms with van der Waals surface area (Å²) < 4.78 is 13.9. The Morgan fingerprint density at radius 2 is 1.95 bits per heavy atom. The van der Waals surface area contributed by atoms with Crippen molar-refractivity contribution in [3.8, 4) is 0 Å². The van der Waals surface area contributed by atoms with Crippen molar-refractivity contribution in [3.05, 3.63) is 54.5 Å². The molecule has 98 valence electrons. The minimum absolute atomic E-state index is 0.0669. The van der Waals surface area contributed by atoms with Crippen molar-refractivity contribution in [3.63, 3.8) is 0 Å². The molecule has 0 aliphatic heterocycles. The first-order valence-corrected chi connectivity index (χ1v) is 5.94. The maximum atomic E-state index is 13.9. The molecule has 0 bridgehead atoms. The zero-order valence-corrected chi connectivity index (χ0v) is 10.4. The monoisotopic (exact) mass is 258 g/mol. The third kappa shape index (κ3) is 3.28. The maximum Gasteiger partial charge on any atom is 0.169 e. The van der Waals surface area contributed by atoms with E-state index in [0.717, 1.165) is 5.69 Å². The third-order valence-electron chi connectivity index (χ3n) is 2.67. The fourth-order valence-corrected chi connectivity index (χ4v) is 1.77. The van der Waals surface area contributed by atoms with Crippen LogP contribution in [0, 0.1) is 11.2 Å². The molecule has 1 heterocycles. The molecule has 0 unspecified atom stereocenters. The average Bonchev–Trinajstić information content (AvgIpc) is 2.42. The molecule has 5 heteroatoms. The van der Waals surface area contributed by atoms with Gasteiger partial charge in [0.2, 0.25) is 0 Å². The minimum atomic E-state index is -0.394. The summed E-state index contributed by atoms with van der Waals surface area (Å²) in [5.41, 5.74) is 6.20. The van der Waals surface area contributed by atoms with Gasteiger partial charge >= 0.3 is 0 Å². The van der Waals surface area contributed by atoms with Crippen molar-refractivity contribution in [1.82, 2.24) is 4.98 Å². The lowest BCUT2D eigenvalue weighted by atomic mass is 10.2. The number of amidine groups is 1. The summed E-state index contributed by atoms with van der Waals surface area (Å²) in [6.45, 7) is 0.410. The standard InChI is InChI=1S/C14H15FN4/c15-12-7-4-9-18-14(12)19(10-8-13(16)17)11-5-2-1-3-6-11/h1-7,9H,8,10H2,(H3,16,17). The highest BCUT2D eigenvalue weighted by Gasteiger charge is 2.14. The van der Waals surface area contributed by atoms with E-state index in [0.29, 0.717) is 13.0 Å². The summed E-state index contributed by atoms with van der Waals surface area (Å²) in [4.78, 5) is 5.79. The van der Waals surface area contributed by atoms with Crippen molar-refractivity contribution in [2.45, 2.75) is 6.42 Å². The van der Waals surface area contributed by atoms with E-state index in [-0.39, 0.29) is 11.7 Å². The van der Waals surface area contributed by atoms with Crippen molar-refractivity contribution in [1.29, 1.82) is 5.41 Å². The Hall–Kier alpha value is -2.43. The molecule has 0 saturated carbocycles. The molecule has 0 atom stereocenters. The van der Waals surface area contributed by atoms with Gasteiger partial charge in [0.1, 0.15) is 0 Å². The van der Waals surface area contributed by atoms with Gasteiger partial charge in [-0.1, -0.05) is 18.2 Å². The number of aromatic nitrogens is 1. The van der Waals surface area contributed by atoms with Gasteiger partial charge < -0.3 is 10.6 Å². The van der Waals surface area contributed by atoms with Gasteiger partial charge in [-0.2, -0.15) is 0 Å². The largest absolute Gasteiger partial charge is 0.388 e. The Bertz CT molecular complexity index is 556. The highest BCUT2D eigenvalue weighted by molar-refractivity contribution is 5.78. The van der Waals surface area contributed by atoms with Gasteiger partial charge in [-0.05, 0) is 24.3 Å². The van der Waals surface area contributed by atoms with Gasteiger partial charge in [-0.25, -0.2) is 9.37 Å². The molecule has 0 saturated heterocycles. The van der Waals surface area contributed by atoms with Crippen LogP contribution in [0.4, 0.5) is 15.9 Å². The summed E-state index contributed by atoms with van der Waals surface area (Å²) >= 11 is 0. The van der Waals surface area contributed by atoms with E-state index in [1.807, 2.05) is 30.3 Å². The van der Waals surface area contributed by atoms with E-state index in [9.17, 15) is 4.39 Å². The first-order valence-electron chi connectivity index (χ1n) is 5.94. The number of nitrogens with one attached hydrogen (secondary N) is 1. The number of benzene rings is 1. The van der Waals surface area contributed by atoms with Crippen molar-refractivity contribution >= 4 is 17.3 Å². The predicted molar refractivity (Wildman–Crippen MR) is 74.2 cm³/mol. The van der Waals surface area contributed by atoms with Gasteiger partial charge in [-0.3, -0.25) is 5.41 Å². The fraction of sp³-hybridized carbons (Fsp3) is 0.143. The molecule has 0 spiro atoms. The second kappa shape index (κ2) is 5.95. The predicted octanol–water partition coefficient (Wildman–Crippen LogP) is 2.68. The number of rotatable bonds is 5. The topological polar surface area (TPSA) is 66.0 Å². The number of para-hydroxylation sites is 1. The van der Waals surface area contributed by atoms with Gasteiger partial charge in [0.15, 0.2) is 11.6 Å². The number of halogens is 1. The van der Waals surface area contributed by atoms with E-state index in [2.05, 4.69) is 4.98 Å². The van der Waals surface area contributed by atoms with Crippen molar-refractivity contribution in [2.75, 3.05) is 11.4 Å². The zero-order chi connectivity index (χ0) is 13.7. The van der Waals surface area contributed by atoms with Crippen LogP contribution in [-0.2, 0) is 0 Å². The van der Waals surface area contributed by atoms with Crippen LogP contribution < -0.4 is 10.6 Å². The van der Waals surface area contributed by atoms with Gasteiger partial charge in [0.05, 0.1) is 5.84 Å². The molecule has 2 rings (SSSR count). The second-order valence-electron chi connectivity index (χ2n) is 4.07. The van der Waals surface area contributed by atoms with Crippen LogP contribution >= 0.6 is 0 Å². The Labute approximate surface area is 111 Å². The van der Waals surface area contributed by atoms with Crippen LogP contribution in [0.15, 0.2) is 48.7 Å². The highest BCUT2D eigenvalue weighted by Crippen LogP contribution is 2.25. The number of nitrogens with zero attached hydrogens (tertiary/aromatic N) is 2. The number of nitrogens with two attached hydrogens (primary N) is 1. The molecular weight excluding hydrogens is 243 g/mol. The van der Waals surface area contributed by atoms with Crippen LogP contribution in [0.25, 0.3) is 0 Å². The smallest absolute Gasteiger partial charge is 0.169 e. The van der Waals surface area contributed by atoms with Crippen LogP contribution in [-0.4, -0.2) is 17.4 Å². The summed E-state index contributed by atoms with van der Waals surface area (Å²) in [6.07, 6.45) is 1.90. The average molecular weight is 258 g/mol. The molecule has 19 heavy (non-hydrogen) atoms. The molecule has 4 nitrogen and oxygen atoms in total.